The molecular weight excluding hydrogens is 410 g/mol. The lowest BCUT2D eigenvalue weighted by Crippen LogP contribution is -2.50. The number of aliphatic hydroxyl groups excluding tert-OH is 1. The molecule has 1 N–H and O–H groups in total. The maximum absolute atomic E-state index is 12.8. The maximum atomic E-state index is 12.8. The third-order valence-corrected chi connectivity index (χ3v) is 5.60. The van der Waals surface area contributed by atoms with Gasteiger partial charge >= 0.3 is 6.09 Å². The number of rotatable bonds is 1. The fourth-order valence-corrected chi connectivity index (χ4v) is 4.29. The van der Waals surface area contributed by atoms with Crippen molar-refractivity contribution in [3.05, 3.63) is 26.5 Å². The van der Waals surface area contributed by atoms with Crippen molar-refractivity contribution >= 4 is 43.6 Å². The molecule has 136 valence electrons. The number of aromatic nitrogens is 2. The fraction of sp³-hybridized carbons (Fsp3) is 0.562. The molecular formula is C16H20BrN3O4S. The SMILES string of the molecule is CC(C)(C)OC(=O)N1CC[C@@H](O)[C@H](n2cnc3cc(Br)sc3c2=O)C1. The maximum Gasteiger partial charge on any atom is 0.410 e. The van der Waals surface area contributed by atoms with E-state index in [1.54, 1.807) is 26.8 Å². The van der Waals surface area contributed by atoms with E-state index < -0.39 is 23.8 Å². The van der Waals surface area contributed by atoms with E-state index in [-0.39, 0.29) is 12.1 Å². The van der Waals surface area contributed by atoms with Gasteiger partial charge in [0, 0.05) is 13.1 Å². The van der Waals surface area contributed by atoms with Gasteiger partial charge < -0.3 is 14.7 Å². The molecule has 3 rings (SSSR count). The largest absolute Gasteiger partial charge is 0.444 e. The Hall–Kier alpha value is -1.45. The van der Waals surface area contributed by atoms with Gasteiger partial charge in [-0.25, -0.2) is 9.78 Å². The minimum atomic E-state index is -0.723. The number of halogens is 1. The molecule has 9 heteroatoms. The molecule has 0 bridgehead atoms. The van der Waals surface area contributed by atoms with Gasteiger partial charge in [-0.3, -0.25) is 9.36 Å². The zero-order valence-electron chi connectivity index (χ0n) is 14.2. The molecule has 25 heavy (non-hydrogen) atoms. The van der Waals surface area contributed by atoms with Crippen LogP contribution in [0, 0.1) is 0 Å². The molecule has 2 atom stereocenters. The number of piperidine rings is 1. The monoisotopic (exact) mass is 429 g/mol. The Kier molecular flexibility index (Phi) is 4.91. The van der Waals surface area contributed by atoms with Crippen LogP contribution >= 0.6 is 27.3 Å². The molecule has 0 spiro atoms. The fourth-order valence-electron chi connectivity index (χ4n) is 2.82. The number of likely N-dealkylation sites (tertiary alicyclic amines) is 1. The van der Waals surface area contributed by atoms with Gasteiger partial charge in [-0.2, -0.15) is 0 Å². The van der Waals surface area contributed by atoms with E-state index in [9.17, 15) is 14.7 Å². The standard InChI is InChI=1S/C16H20BrN3O4S/c1-16(2,3)24-15(23)19-5-4-11(21)10(7-19)20-8-18-9-6-12(17)25-13(9)14(20)22/h6,8,10-11,21H,4-5,7H2,1-3H3/t10-,11-/m1/s1. The summed E-state index contributed by atoms with van der Waals surface area (Å²) in [5, 5.41) is 10.4. The van der Waals surface area contributed by atoms with Gasteiger partial charge in [0.2, 0.25) is 0 Å². The lowest BCUT2D eigenvalue weighted by Gasteiger charge is -2.37. The second-order valence-corrected chi connectivity index (χ2v) is 9.50. The summed E-state index contributed by atoms with van der Waals surface area (Å²) < 4.78 is 8.17. The first-order chi connectivity index (χ1) is 11.7. The van der Waals surface area contributed by atoms with E-state index in [0.29, 0.717) is 23.2 Å². The summed E-state index contributed by atoms with van der Waals surface area (Å²) >= 11 is 4.67. The number of carbonyl (C=O) groups excluding carboxylic acids is 1. The molecule has 0 saturated carbocycles. The van der Waals surface area contributed by atoms with Gasteiger partial charge in [-0.1, -0.05) is 0 Å². The molecule has 1 aliphatic rings. The van der Waals surface area contributed by atoms with Crippen molar-refractivity contribution < 1.29 is 14.6 Å². The summed E-state index contributed by atoms with van der Waals surface area (Å²) in [7, 11) is 0. The molecule has 0 unspecified atom stereocenters. The molecule has 3 heterocycles. The molecule has 2 aromatic rings. The van der Waals surface area contributed by atoms with Crippen LogP contribution in [0.25, 0.3) is 10.2 Å². The third kappa shape index (κ3) is 3.88. The topological polar surface area (TPSA) is 84.7 Å². The molecule has 1 amide bonds. The Morgan fingerprint density at radius 1 is 1.48 bits per heavy atom. The van der Waals surface area contributed by atoms with Crippen molar-refractivity contribution in [2.75, 3.05) is 13.1 Å². The van der Waals surface area contributed by atoms with Crippen molar-refractivity contribution in [2.45, 2.75) is 44.9 Å². The average Bonchev–Trinajstić information content (AvgIpc) is 2.88. The van der Waals surface area contributed by atoms with Crippen LogP contribution in [0.2, 0.25) is 0 Å². The third-order valence-electron chi connectivity index (χ3n) is 3.99. The van der Waals surface area contributed by atoms with Crippen LogP contribution in [0.15, 0.2) is 21.0 Å². The quantitative estimate of drug-likeness (QED) is 0.752. The van der Waals surface area contributed by atoms with E-state index in [0.717, 1.165) is 3.79 Å². The van der Waals surface area contributed by atoms with Crippen molar-refractivity contribution in [3.63, 3.8) is 0 Å². The van der Waals surface area contributed by atoms with Crippen LogP contribution in [-0.4, -0.2) is 50.4 Å². The van der Waals surface area contributed by atoms with Crippen LogP contribution in [0.1, 0.15) is 33.2 Å². The summed E-state index contributed by atoms with van der Waals surface area (Å²) in [6, 6.07) is 1.24. The molecule has 0 radical (unpaired) electrons. The van der Waals surface area contributed by atoms with Gasteiger partial charge in [-0.15, -0.1) is 11.3 Å². The normalized spacial score (nSPS) is 21.6. The Balaban J connectivity index is 1.89. The summed E-state index contributed by atoms with van der Waals surface area (Å²) in [4.78, 5) is 30.9. The summed E-state index contributed by atoms with van der Waals surface area (Å²) in [6.45, 7) is 6.01. The van der Waals surface area contributed by atoms with E-state index in [4.69, 9.17) is 4.74 Å². The summed E-state index contributed by atoms with van der Waals surface area (Å²) in [5.41, 5.74) is -0.188. The van der Waals surface area contributed by atoms with E-state index in [1.165, 1.54) is 27.1 Å². The Labute approximate surface area is 157 Å². The number of thiophene rings is 1. The molecule has 0 aliphatic carbocycles. The number of aliphatic hydroxyl groups is 1. The van der Waals surface area contributed by atoms with E-state index >= 15 is 0 Å². The Bertz CT molecular complexity index is 857. The van der Waals surface area contributed by atoms with Crippen molar-refractivity contribution in [3.8, 4) is 0 Å². The van der Waals surface area contributed by atoms with Gasteiger partial charge in [0.15, 0.2) is 0 Å². The number of amides is 1. The van der Waals surface area contributed by atoms with Gasteiger partial charge in [-0.05, 0) is 49.2 Å². The van der Waals surface area contributed by atoms with Crippen LogP contribution in [-0.2, 0) is 4.74 Å². The highest BCUT2D eigenvalue weighted by atomic mass is 79.9. The van der Waals surface area contributed by atoms with E-state index in [2.05, 4.69) is 20.9 Å². The first-order valence-electron chi connectivity index (χ1n) is 7.98. The highest BCUT2D eigenvalue weighted by molar-refractivity contribution is 9.11. The molecule has 1 saturated heterocycles. The van der Waals surface area contributed by atoms with Crippen molar-refractivity contribution in [1.29, 1.82) is 0 Å². The first kappa shape index (κ1) is 18.3. The van der Waals surface area contributed by atoms with Crippen LogP contribution in [0.5, 0.6) is 0 Å². The van der Waals surface area contributed by atoms with Gasteiger partial charge in [0.25, 0.3) is 5.56 Å². The predicted octanol–water partition coefficient (Wildman–Crippen LogP) is 2.76. The highest BCUT2D eigenvalue weighted by Gasteiger charge is 2.34. The highest BCUT2D eigenvalue weighted by Crippen LogP contribution is 2.27. The van der Waals surface area contributed by atoms with Gasteiger partial charge in [0.1, 0.15) is 10.3 Å². The van der Waals surface area contributed by atoms with Crippen LogP contribution in [0.4, 0.5) is 4.79 Å². The van der Waals surface area contributed by atoms with Gasteiger partial charge in [0.05, 0.1) is 27.8 Å². The Morgan fingerprint density at radius 3 is 2.88 bits per heavy atom. The molecule has 7 nitrogen and oxygen atoms in total. The number of fused-ring (bicyclic) bond motifs is 1. The zero-order chi connectivity index (χ0) is 18.4. The van der Waals surface area contributed by atoms with Crippen molar-refractivity contribution in [1.82, 2.24) is 14.5 Å². The smallest absolute Gasteiger partial charge is 0.410 e. The molecule has 1 fully saturated rings. The summed E-state index contributed by atoms with van der Waals surface area (Å²) in [6.07, 6.45) is 0.656. The lowest BCUT2D eigenvalue weighted by atomic mass is 10.0. The summed E-state index contributed by atoms with van der Waals surface area (Å²) in [5.74, 6) is 0. The molecule has 2 aromatic heterocycles. The van der Waals surface area contributed by atoms with E-state index in [1.807, 2.05) is 0 Å². The van der Waals surface area contributed by atoms with Crippen LogP contribution in [0.3, 0.4) is 0 Å². The number of nitrogens with zero attached hydrogens (tertiary/aromatic N) is 3. The second-order valence-electron chi connectivity index (χ2n) is 7.07. The number of carbonyl (C=O) groups is 1. The lowest BCUT2D eigenvalue weighted by molar-refractivity contribution is -0.00609. The number of hydrogen-bond donors (Lipinski definition) is 1. The Morgan fingerprint density at radius 2 is 2.20 bits per heavy atom. The number of ether oxygens (including phenoxy) is 1. The minimum absolute atomic E-state index is 0.204. The first-order valence-corrected chi connectivity index (χ1v) is 9.59. The van der Waals surface area contributed by atoms with Crippen molar-refractivity contribution in [2.24, 2.45) is 0 Å². The molecule has 0 aromatic carbocycles. The predicted molar refractivity (Wildman–Crippen MR) is 99.0 cm³/mol. The zero-order valence-corrected chi connectivity index (χ0v) is 16.6. The average molecular weight is 430 g/mol. The minimum Gasteiger partial charge on any atom is -0.444 e. The second kappa shape index (κ2) is 6.69. The number of hydrogen-bond acceptors (Lipinski definition) is 6. The molecule has 1 aliphatic heterocycles. The van der Waals surface area contributed by atoms with Crippen LogP contribution < -0.4 is 5.56 Å².